The highest BCUT2D eigenvalue weighted by Gasteiger charge is 2.69. The number of hydrazone groups is 1. The van der Waals surface area contributed by atoms with Gasteiger partial charge in [0.1, 0.15) is 0 Å². The van der Waals surface area contributed by atoms with Crippen LogP contribution in [0.1, 0.15) is 36.5 Å². The van der Waals surface area contributed by atoms with Gasteiger partial charge in [0.15, 0.2) is 0 Å². The van der Waals surface area contributed by atoms with E-state index in [9.17, 15) is 23.1 Å². The predicted molar refractivity (Wildman–Crippen MR) is 82.6 cm³/mol. The number of carbonyl (C=O) groups excluding carboxylic acids is 1. The number of amides is 1. The number of carbonyl (C=O) groups is 1. The highest BCUT2D eigenvalue weighted by Crippen LogP contribution is 2.49. The number of halogens is 4. The Morgan fingerprint density at radius 1 is 1.38 bits per heavy atom. The van der Waals surface area contributed by atoms with Crippen LogP contribution in [0.15, 0.2) is 29.4 Å². The van der Waals surface area contributed by atoms with E-state index in [0.717, 1.165) is 0 Å². The molecule has 0 aromatic heterocycles. The molecule has 3 rings (SSSR count). The van der Waals surface area contributed by atoms with E-state index in [4.69, 9.17) is 11.6 Å². The van der Waals surface area contributed by atoms with Crippen LogP contribution in [0.4, 0.5) is 13.2 Å². The normalized spacial score (nSPS) is 30.1. The summed E-state index contributed by atoms with van der Waals surface area (Å²) in [6.07, 6.45) is -3.68. The lowest BCUT2D eigenvalue weighted by Crippen LogP contribution is -2.61. The molecule has 1 heterocycles. The summed E-state index contributed by atoms with van der Waals surface area (Å²) >= 11 is 5.93. The quantitative estimate of drug-likeness (QED) is 0.827. The van der Waals surface area contributed by atoms with Crippen LogP contribution < -0.4 is 0 Å². The number of hydrogen-bond donors (Lipinski definition) is 1. The van der Waals surface area contributed by atoms with Crippen molar-refractivity contribution in [3.05, 3.63) is 34.9 Å². The first-order chi connectivity index (χ1) is 11.2. The number of rotatable bonds is 1. The van der Waals surface area contributed by atoms with Gasteiger partial charge in [-0.2, -0.15) is 23.3 Å². The molecular formula is C16H16ClF3N2O2. The second-order valence-electron chi connectivity index (χ2n) is 6.23. The van der Waals surface area contributed by atoms with Gasteiger partial charge in [0.25, 0.3) is 11.6 Å². The van der Waals surface area contributed by atoms with Gasteiger partial charge in [0.2, 0.25) is 0 Å². The van der Waals surface area contributed by atoms with Crippen molar-refractivity contribution in [2.24, 2.45) is 16.9 Å². The van der Waals surface area contributed by atoms with Crippen LogP contribution in [0.3, 0.4) is 0 Å². The van der Waals surface area contributed by atoms with Crippen molar-refractivity contribution in [1.82, 2.24) is 5.01 Å². The Morgan fingerprint density at radius 2 is 2.04 bits per heavy atom. The molecule has 1 aliphatic carbocycles. The molecule has 0 radical (unpaired) electrons. The average Bonchev–Trinajstić information content (AvgIpc) is 2.83. The van der Waals surface area contributed by atoms with Gasteiger partial charge >= 0.3 is 6.18 Å². The van der Waals surface area contributed by atoms with Gasteiger partial charge in [-0.05, 0) is 30.9 Å². The predicted octanol–water partition coefficient (Wildman–Crippen LogP) is 3.84. The van der Waals surface area contributed by atoms with Gasteiger partial charge in [-0.15, -0.1) is 0 Å². The van der Waals surface area contributed by atoms with Crippen molar-refractivity contribution in [3.8, 4) is 0 Å². The van der Waals surface area contributed by atoms with Crippen LogP contribution in [0.25, 0.3) is 0 Å². The smallest absolute Gasteiger partial charge is 0.362 e. The third kappa shape index (κ3) is 2.41. The van der Waals surface area contributed by atoms with E-state index in [1.165, 1.54) is 18.2 Å². The van der Waals surface area contributed by atoms with Crippen molar-refractivity contribution in [2.45, 2.75) is 38.1 Å². The van der Waals surface area contributed by atoms with Crippen LogP contribution in [-0.2, 0) is 0 Å². The fraction of sp³-hybridized carbons (Fsp3) is 0.500. The topological polar surface area (TPSA) is 52.9 Å². The fourth-order valence-corrected chi connectivity index (χ4v) is 3.67. The number of benzene rings is 1. The Bertz CT molecular complexity index is 707. The molecule has 24 heavy (non-hydrogen) atoms. The minimum atomic E-state index is -5.03. The molecule has 1 N–H and O–H groups in total. The lowest BCUT2D eigenvalue weighted by atomic mass is 9.75. The molecule has 1 aromatic carbocycles. The van der Waals surface area contributed by atoms with Crippen molar-refractivity contribution in [3.63, 3.8) is 0 Å². The zero-order chi connectivity index (χ0) is 17.7. The molecule has 0 spiro atoms. The van der Waals surface area contributed by atoms with Gasteiger partial charge < -0.3 is 5.11 Å². The summed E-state index contributed by atoms with van der Waals surface area (Å²) in [5, 5.41) is 14.6. The number of alkyl halides is 3. The highest BCUT2D eigenvalue weighted by molar-refractivity contribution is 6.33. The summed E-state index contributed by atoms with van der Waals surface area (Å²) in [7, 11) is 0. The van der Waals surface area contributed by atoms with Crippen molar-refractivity contribution < 1.29 is 23.1 Å². The largest absolute Gasteiger partial charge is 0.439 e. The Morgan fingerprint density at radius 3 is 2.67 bits per heavy atom. The van der Waals surface area contributed by atoms with E-state index in [-0.39, 0.29) is 33.6 Å². The number of fused-ring (bicyclic) bond motifs is 1. The first-order valence-electron chi connectivity index (χ1n) is 7.64. The van der Waals surface area contributed by atoms with Crippen LogP contribution in [0.2, 0.25) is 5.02 Å². The molecule has 3 atom stereocenters. The van der Waals surface area contributed by atoms with E-state index < -0.39 is 23.7 Å². The third-order valence-electron chi connectivity index (χ3n) is 4.73. The van der Waals surface area contributed by atoms with Gasteiger partial charge in [-0.25, -0.2) is 0 Å². The van der Waals surface area contributed by atoms with Crippen molar-refractivity contribution in [2.75, 3.05) is 0 Å². The summed E-state index contributed by atoms with van der Waals surface area (Å²) in [5.41, 5.74) is -3.24. The minimum absolute atomic E-state index is 0.00939. The third-order valence-corrected chi connectivity index (χ3v) is 5.06. The number of hydrogen-bond acceptors (Lipinski definition) is 3. The van der Waals surface area contributed by atoms with Gasteiger partial charge in [-0.1, -0.05) is 37.1 Å². The molecule has 1 aliphatic heterocycles. The number of aliphatic hydroxyl groups is 1. The second-order valence-corrected chi connectivity index (χ2v) is 6.64. The van der Waals surface area contributed by atoms with E-state index >= 15 is 0 Å². The molecule has 0 unspecified atom stereocenters. The van der Waals surface area contributed by atoms with Gasteiger partial charge in [0.05, 0.1) is 16.5 Å². The summed E-state index contributed by atoms with van der Waals surface area (Å²) in [5.74, 6) is -2.52. The monoisotopic (exact) mass is 360 g/mol. The molecular weight excluding hydrogens is 345 g/mol. The molecule has 130 valence electrons. The fourth-order valence-electron chi connectivity index (χ4n) is 3.45. The van der Waals surface area contributed by atoms with Crippen LogP contribution in [0.5, 0.6) is 0 Å². The molecule has 2 aliphatic rings. The maximum atomic E-state index is 13.7. The van der Waals surface area contributed by atoms with E-state index in [0.29, 0.717) is 12.8 Å². The molecule has 1 amide bonds. The Balaban J connectivity index is 2.10. The highest BCUT2D eigenvalue weighted by atomic mass is 35.5. The molecule has 8 heteroatoms. The van der Waals surface area contributed by atoms with E-state index in [1.807, 2.05) is 0 Å². The first-order valence-corrected chi connectivity index (χ1v) is 8.02. The Hall–Kier alpha value is -1.60. The van der Waals surface area contributed by atoms with E-state index in [1.54, 1.807) is 13.0 Å². The molecule has 0 bridgehead atoms. The van der Waals surface area contributed by atoms with Gasteiger partial charge in [0, 0.05) is 5.71 Å². The maximum Gasteiger partial charge on any atom is 0.439 e. The van der Waals surface area contributed by atoms with Crippen LogP contribution in [-0.4, -0.2) is 33.6 Å². The summed E-state index contributed by atoms with van der Waals surface area (Å²) in [6, 6.07) is 5.77. The summed E-state index contributed by atoms with van der Waals surface area (Å²) < 4.78 is 41.2. The molecule has 4 nitrogen and oxygen atoms in total. The first kappa shape index (κ1) is 17.2. The molecule has 1 aromatic rings. The summed E-state index contributed by atoms with van der Waals surface area (Å²) in [6.45, 7) is 1.76. The van der Waals surface area contributed by atoms with Crippen LogP contribution >= 0.6 is 11.6 Å². The summed E-state index contributed by atoms with van der Waals surface area (Å²) in [4.78, 5) is 12.7. The number of nitrogens with zero attached hydrogens (tertiary/aromatic N) is 2. The lowest BCUT2D eigenvalue weighted by Gasteiger charge is -2.39. The Kier molecular flexibility index (Phi) is 4.12. The van der Waals surface area contributed by atoms with Crippen LogP contribution in [0, 0.1) is 11.8 Å². The lowest BCUT2D eigenvalue weighted by molar-refractivity contribution is -0.312. The maximum absolute atomic E-state index is 13.7. The standard InChI is InChI=1S/C16H16ClF3N2O2/c1-9-5-4-7-11-13(9)21-22(15(11,24)16(18,19)20)14(23)10-6-2-3-8-12(10)17/h2-3,6,8-9,11,24H,4-5,7H2,1H3/t9-,11+,15+/m1/s1. The minimum Gasteiger partial charge on any atom is -0.362 e. The zero-order valence-electron chi connectivity index (χ0n) is 12.8. The van der Waals surface area contributed by atoms with Gasteiger partial charge in [-0.3, -0.25) is 4.79 Å². The second kappa shape index (κ2) is 5.74. The molecule has 1 fully saturated rings. The molecule has 1 saturated carbocycles. The molecule has 0 saturated heterocycles. The SMILES string of the molecule is C[C@@H]1CCC[C@H]2C1=NN(C(=O)c1ccccc1Cl)[C@@]2(O)C(F)(F)F. The van der Waals surface area contributed by atoms with E-state index in [2.05, 4.69) is 5.10 Å². The zero-order valence-corrected chi connectivity index (χ0v) is 13.6. The Labute approximate surface area is 141 Å². The average molecular weight is 361 g/mol. The van der Waals surface area contributed by atoms with Crippen molar-refractivity contribution >= 4 is 23.2 Å². The van der Waals surface area contributed by atoms with Crippen molar-refractivity contribution in [1.29, 1.82) is 0 Å².